The zero-order valence-corrected chi connectivity index (χ0v) is 14.5. The first kappa shape index (κ1) is 16.3. The number of hydrogen-bond acceptors (Lipinski definition) is 6. The molecule has 6 nitrogen and oxygen atoms in total. The molecule has 0 aliphatic heterocycles. The third-order valence-corrected chi connectivity index (χ3v) is 4.58. The monoisotopic (exact) mass is 357 g/mol. The summed E-state index contributed by atoms with van der Waals surface area (Å²) in [6.07, 6.45) is 0. The Morgan fingerprint density at radius 2 is 1.92 bits per heavy atom. The number of nitriles is 1. The van der Waals surface area contributed by atoms with Gasteiger partial charge in [-0.25, -0.2) is 4.98 Å². The first-order chi connectivity index (χ1) is 11.6. The number of hydrogen-bond donors (Lipinski definition) is 0. The quantitative estimate of drug-likeness (QED) is 0.710. The van der Waals surface area contributed by atoms with Gasteiger partial charge in [0.25, 0.3) is 0 Å². The second kappa shape index (κ2) is 6.91. The zero-order valence-electron chi connectivity index (χ0n) is 12.9. The van der Waals surface area contributed by atoms with Crippen LogP contribution in [0.3, 0.4) is 0 Å². The van der Waals surface area contributed by atoms with Gasteiger partial charge in [-0.3, -0.25) is 0 Å². The van der Waals surface area contributed by atoms with Crippen molar-refractivity contribution >= 4 is 23.4 Å². The molecule has 0 unspecified atom stereocenters. The fourth-order valence-corrected chi connectivity index (χ4v) is 2.96. The summed E-state index contributed by atoms with van der Waals surface area (Å²) in [6, 6.07) is 12.9. The van der Waals surface area contributed by atoms with Gasteiger partial charge in [0, 0.05) is 12.6 Å². The molecule has 0 aliphatic carbocycles. The normalized spacial score (nSPS) is 10.4. The Hall–Kier alpha value is -2.56. The topological polar surface area (TPSA) is 76.6 Å². The molecule has 0 amide bonds. The maximum atomic E-state index is 9.01. The van der Waals surface area contributed by atoms with Crippen LogP contribution in [0.5, 0.6) is 5.75 Å². The summed E-state index contributed by atoms with van der Waals surface area (Å²) in [5.74, 6) is 1.51. The Labute approximate surface area is 148 Å². The predicted octanol–water partition coefficient (Wildman–Crippen LogP) is 3.56. The van der Waals surface area contributed by atoms with Crippen LogP contribution in [0, 0.1) is 11.3 Å². The summed E-state index contributed by atoms with van der Waals surface area (Å²) in [5.41, 5.74) is 1.12. The lowest BCUT2D eigenvalue weighted by atomic mass is 10.2. The fourth-order valence-electron chi connectivity index (χ4n) is 2.05. The van der Waals surface area contributed by atoms with Crippen molar-refractivity contribution in [2.45, 2.75) is 10.2 Å². The molecule has 3 rings (SSSR count). The number of benzene rings is 1. The highest BCUT2D eigenvalue weighted by Gasteiger charge is 2.13. The minimum atomic E-state index is 0.194. The van der Waals surface area contributed by atoms with Crippen LogP contribution in [0.1, 0.15) is 5.69 Å². The molecule has 24 heavy (non-hydrogen) atoms. The van der Waals surface area contributed by atoms with Crippen molar-refractivity contribution in [3.05, 3.63) is 47.1 Å². The van der Waals surface area contributed by atoms with Crippen molar-refractivity contribution in [1.29, 1.82) is 5.26 Å². The molecule has 0 atom stereocenters. The van der Waals surface area contributed by atoms with Crippen LogP contribution < -0.4 is 4.74 Å². The number of aromatic nitrogens is 4. The molecule has 0 spiro atoms. The minimum absolute atomic E-state index is 0.194. The third kappa shape index (κ3) is 3.20. The van der Waals surface area contributed by atoms with Crippen molar-refractivity contribution in [3.8, 4) is 23.2 Å². The highest BCUT2D eigenvalue weighted by molar-refractivity contribution is 7.99. The van der Waals surface area contributed by atoms with E-state index in [9.17, 15) is 0 Å². The Balaban J connectivity index is 1.88. The van der Waals surface area contributed by atoms with Crippen LogP contribution in [0.4, 0.5) is 0 Å². The average Bonchev–Trinajstić information content (AvgIpc) is 2.97. The maximum Gasteiger partial charge on any atom is 0.197 e. The smallest absolute Gasteiger partial charge is 0.197 e. The van der Waals surface area contributed by atoms with Crippen molar-refractivity contribution in [3.63, 3.8) is 0 Å². The van der Waals surface area contributed by atoms with Crippen LogP contribution >= 0.6 is 23.4 Å². The van der Waals surface area contributed by atoms with Gasteiger partial charge in [0.05, 0.1) is 12.1 Å². The largest absolute Gasteiger partial charge is 0.497 e. The van der Waals surface area contributed by atoms with Crippen molar-refractivity contribution in [2.24, 2.45) is 7.05 Å². The lowest BCUT2D eigenvalue weighted by Gasteiger charge is -2.05. The highest BCUT2D eigenvalue weighted by atomic mass is 35.5. The van der Waals surface area contributed by atoms with Gasteiger partial charge in [0.15, 0.2) is 16.7 Å². The molecule has 2 heterocycles. The summed E-state index contributed by atoms with van der Waals surface area (Å²) in [5, 5.41) is 19.1. The number of nitrogens with zero attached hydrogens (tertiary/aromatic N) is 5. The molecule has 3 aromatic rings. The molecule has 0 fully saturated rings. The fraction of sp³-hybridized carbons (Fsp3) is 0.125. The van der Waals surface area contributed by atoms with Crippen molar-refractivity contribution < 1.29 is 4.74 Å². The number of pyridine rings is 1. The molecule has 0 aliphatic rings. The van der Waals surface area contributed by atoms with Crippen molar-refractivity contribution in [2.75, 3.05) is 7.11 Å². The van der Waals surface area contributed by atoms with E-state index < -0.39 is 0 Å². The van der Waals surface area contributed by atoms with E-state index in [1.54, 1.807) is 19.2 Å². The van der Waals surface area contributed by atoms with Gasteiger partial charge < -0.3 is 9.30 Å². The second-order valence-electron chi connectivity index (χ2n) is 4.79. The van der Waals surface area contributed by atoms with Crippen LogP contribution in [0.15, 0.2) is 46.6 Å². The van der Waals surface area contributed by atoms with Crippen LogP contribution in [-0.4, -0.2) is 26.9 Å². The maximum absolute atomic E-state index is 9.01. The molecule has 0 radical (unpaired) electrons. The van der Waals surface area contributed by atoms with E-state index in [1.807, 2.05) is 41.9 Å². The standard InChI is InChI=1S/C16H12ClN5OS/c1-22-15(10-3-5-11(23-2)6-4-10)20-21-16(22)24-14-8-7-12(17)13(9-18)19-14/h3-8H,1-2H3. The number of methoxy groups -OCH3 is 1. The summed E-state index contributed by atoms with van der Waals surface area (Å²) in [6.45, 7) is 0. The first-order valence-corrected chi connectivity index (χ1v) is 8.10. The Bertz CT molecular complexity index is 917. The summed E-state index contributed by atoms with van der Waals surface area (Å²) >= 11 is 7.22. The van der Waals surface area contributed by atoms with Crippen LogP contribution in [0.2, 0.25) is 5.02 Å². The first-order valence-electron chi connectivity index (χ1n) is 6.90. The van der Waals surface area contributed by atoms with Gasteiger partial charge in [-0.15, -0.1) is 10.2 Å². The SMILES string of the molecule is COc1ccc(-c2nnc(Sc3ccc(Cl)c(C#N)n3)n2C)cc1. The average molecular weight is 358 g/mol. The molecule has 0 N–H and O–H groups in total. The Morgan fingerprint density at radius 1 is 1.17 bits per heavy atom. The van der Waals surface area contributed by atoms with E-state index in [0.717, 1.165) is 17.1 Å². The molecule has 0 bridgehead atoms. The Morgan fingerprint density at radius 3 is 2.58 bits per heavy atom. The minimum Gasteiger partial charge on any atom is -0.497 e. The molecular weight excluding hydrogens is 346 g/mol. The summed E-state index contributed by atoms with van der Waals surface area (Å²) < 4.78 is 7.03. The molecule has 0 saturated carbocycles. The molecular formula is C16H12ClN5OS. The number of ether oxygens (including phenoxy) is 1. The molecule has 120 valence electrons. The molecule has 2 aromatic heterocycles. The second-order valence-corrected chi connectivity index (χ2v) is 6.18. The van der Waals surface area contributed by atoms with E-state index in [2.05, 4.69) is 15.2 Å². The molecule has 0 saturated heterocycles. The molecule has 8 heteroatoms. The van der Waals surface area contributed by atoms with Crippen LogP contribution in [-0.2, 0) is 7.05 Å². The van der Waals surface area contributed by atoms with E-state index in [0.29, 0.717) is 15.2 Å². The van der Waals surface area contributed by atoms with E-state index in [-0.39, 0.29) is 5.69 Å². The lowest BCUT2D eigenvalue weighted by Crippen LogP contribution is -1.95. The highest BCUT2D eigenvalue weighted by Crippen LogP contribution is 2.29. The van der Waals surface area contributed by atoms with E-state index >= 15 is 0 Å². The van der Waals surface area contributed by atoms with Gasteiger partial charge in [-0.1, -0.05) is 11.6 Å². The summed E-state index contributed by atoms with van der Waals surface area (Å²) in [4.78, 5) is 4.20. The lowest BCUT2D eigenvalue weighted by molar-refractivity contribution is 0.415. The van der Waals surface area contributed by atoms with Gasteiger partial charge in [-0.2, -0.15) is 5.26 Å². The van der Waals surface area contributed by atoms with Crippen LogP contribution in [0.25, 0.3) is 11.4 Å². The van der Waals surface area contributed by atoms with E-state index in [1.165, 1.54) is 11.8 Å². The molecule has 1 aromatic carbocycles. The van der Waals surface area contributed by atoms with Gasteiger partial charge in [0.1, 0.15) is 16.8 Å². The third-order valence-electron chi connectivity index (χ3n) is 3.31. The zero-order chi connectivity index (χ0) is 17.1. The number of halogens is 1. The summed E-state index contributed by atoms with van der Waals surface area (Å²) in [7, 11) is 3.50. The number of rotatable bonds is 4. The Kier molecular flexibility index (Phi) is 4.69. The van der Waals surface area contributed by atoms with Gasteiger partial charge in [0.2, 0.25) is 0 Å². The predicted molar refractivity (Wildman–Crippen MR) is 91.1 cm³/mol. The van der Waals surface area contributed by atoms with Gasteiger partial charge >= 0.3 is 0 Å². The van der Waals surface area contributed by atoms with E-state index in [4.69, 9.17) is 21.6 Å². The van der Waals surface area contributed by atoms with Crippen molar-refractivity contribution in [1.82, 2.24) is 19.7 Å². The van der Waals surface area contributed by atoms with Gasteiger partial charge in [-0.05, 0) is 48.2 Å².